The maximum atomic E-state index is 12.7. The molecule has 2 N–H and O–H groups in total. The van der Waals surface area contributed by atoms with E-state index >= 15 is 0 Å². The Hall–Kier alpha value is -0.430. The van der Waals surface area contributed by atoms with Gasteiger partial charge < -0.3 is 5.73 Å². The third-order valence-electron chi connectivity index (χ3n) is 3.51. The Bertz CT molecular complexity index is 545. The third kappa shape index (κ3) is 3.18. The summed E-state index contributed by atoms with van der Waals surface area (Å²) in [5.41, 5.74) is 5.95. The van der Waals surface area contributed by atoms with E-state index in [1.807, 2.05) is 13.0 Å². The number of piperidine rings is 1. The van der Waals surface area contributed by atoms with E-state index in [1.54, 1.807) is 22.5 Å². The van der Waals surface area contributed by atoms with Crippen molar-refractivity contribution < 1.29 is 8.42 Å². The number of hydrogen-bond donors (Lipinski definition) is 1. The van der Waals surface area contributed by atoms with Crippen LogP contribution in [0.1, 0.15) is 26.2 Å². The lowest BCUT2D eigenvalue weighted by Crippen LogP contribution is -2.51. The van der Waals surface area contributed by atoms with Gasteiger partial charge in [-0.2, -0.15) is 4.31 Å². The summed E-state index contributed by atoms with van der Waals surface area (Å²) in [5.74, 6) is 0. The van der Waals surface area contributed by atoms with Gasteiger partial charge in [0.15, 0.2) is 0 Å². The summed E-state index contributed by atoms with van der Waals surface area (Å²) < 4.78 is 27.7. The zero-order chi connectivity index (χ0) is 14.0. The lowest BCUT2D eigenvalue weighted by Gasteiger charge is -2.36. The number of benzene rings is 1. The molecule has 0 radical (unpaired) electrons. The number of hydrogen-bond acceptors (Lipinski definition) is 3. The molecule has 4 nitrogen and oxygen atoms in total. The fraction of sp³-hybridized carbons (Fsp3) is 0.538. The van der Waals surface area contributed by atoms with Gasteiger partial charge >= 0.3 is 0 Å². The molecule has 2 unspecified atom stereocenters. The molecule has 1 aromatic rings. The average molecular weight is 347 g/mol. The van der Waals surface area contributed by atoms with Crippen LogP contribution in [0.4, 0.5) is 0 Å². The van der Waals surface area contributed by atoms with Crippen LogP contribution in [0, 0.1) is 0 Å². The van der Waals surface area contributed by atoms with Gasteiger partial charge in [0, 0.05) is 23.1 Å². The second-order valence-corrected chi connectivity index (χ2v) is 7.80. The smallest absolute Gasteiger partial charge is 0.243 e. The average Bonchev–Trinajstić information content (AvgIpc) is 2.38. The largest absolute Gasteiger partial charge is 0.326 e. The highest BCUT2D eigenvalue weighted by atomic mass is 79.9. The molecule has 0 saturated carbocycles. The Labute approximate surface area is 123 Å². The molecule has 0 aromatic heterocycles. The maximum Gasteiger partial charge on any atom is 0.243 e. The Kier molecular flexibility index (Phi) is 4.66. The molecule has 0 amide bonds. The van der Waals surface area contributed by atoms with Crippen LogP contribution in [-0.2, 0) is 10.0 Å². The van der Waals surface area contributed by atoms with Crippen molar-refractivity contribution in [3.05, 3.63) is 28.7 Å². The van der Waals surface area contributed by atoms with Crippen molar-refractivity contribution in [2.24, 2.45) is 5.73 Å². The van der Waals surface area contributed by atoms with E-state index in [-0.39, 0.29) is 12.1 Å². The van der Waals surface area contributed by atoms with Gasteiger partial charge in [0.25, 0.3) is 0 Å². The van der Waals surface area contributed by atoms with Crippen molar-refractivity contribution >= 4 is 26.0 Å². The SMILES string of the molecule is CC(N)C1CCCCN1S(=O)(=O)c1cccc(Br)c1. The van der Waals surface area contributed by atoms with Crippen molar-refractivity contribution in [2.45, 2.75) is 43.2 Å². The van der Waals surface area contributed by atoms with Crippen molar-refractivity contribution in [1.29, 1.82) is 0 Å². The van der Waals surface area contributed by atoms with E-state index in [0.29, 0.717) is 11.4 Å². The number of sulfonamides is 1. The lowest BCUT2D eigenvalue weighted by atomic mass is 10.00. The molecule has 0 spiro atoms. The van der Waals surface area contributed by atoms with Gasteiger partial charge in [-0.1, -0.05) is 28.4 Å². The highest BCUT2D eigenvalue weighted by Gasteiger charge is 2.35. The fourth-order valence-corrected chi connectivity index (χ4v) is 4.89. The molecule has 2 atom stereocenters. The lowest BCUT2D eigenvalue weighted by molar-refractivity contribution is 0.227. The molecular formula is C13H19BrN2O2S. The first kappa shape index (κ1) is 15.0. The summed E-state index contributed by atoms with van der Waals surface area (Å²) in [4.78, 5) is 0.328. The summed E-state index contributed by atoms with van der Waals surface area (Å²) in [6.07, 6.45) is 2.78. The molecule has 1 aliphatic heterocycles. The van der Waals surface area contributed by atoms with Gasteiger partial charge in [0.05, 0.1) is 4.90 Å². The Morgan fingerprint density at radius 1 is 1.42 bits per heavy atom. The first-order chi connectivity index (χ1) is 8.93. The molecule has 1 aliphatic rings. The quantitative estimate of drug-likeness (QED) is 0.913. The fourth-order valence-electron chi connectivity index (χ4n) is 2.52. The monoisotopic (exact) mass is 346 g/mol. The molecule has 0 bridgehead atoms. The van der Waals surface area contributed by atoms with Crippen molar-refractivity contribution in [3.8, 4) is 0 Å². The zero-order valence-electron chi connectivity index (χ0n) is 10.9. The van der Waals surface area contributed by atoms with Crippen molar-refractivity contribution in [3.63, 3.8) is 0 Å². The van der Waals surface area contributed by atoms with E-state index in [1.165, 1.54) is 0 Å². The van der Waals surface area contributed by atoms with Crippen molar-refractivity contribution in [1.82, 2.24) is 4.31 Å². The van der Waals surface area contributed by atoms with Gasteiger partial charge in [-0.3, -0.25) is 0 Å². The normalized spacial score (nSPS) is 23.2. The Balaban J connectivity index is 2.37. The van der Waals surface area contributed by atoms with Crippen LogP contribution in [0.2, 0.25) is 0 Å². The third-order valence-corrected chi connectivity index (χ3v) is 5.92. The summed E-state index contributed by atoms with van der Waals surface area (Å²) in [7, 11) is -3.46. The number of rotatable bonds is 3. The van der Waals surface area contributed by atoms with E-state index in [0.717, 1.165) is 23.7 Å². The molecule has 1 heterocycles. The molecule has 19 heavy (non-hydrogen) atoms. The minimum Gasteiger partial charge on any atom is -0.326 e. The summed E-state index contributed by atoms with van der Waals surface area (Å²) >= 11 is 3.32. The molecule has 1 aromatic carbocycles. The topological polar surface area (TPSA) is 63.4 Å². The van der Waals surface area contributed by atoms with Crippen LogP contribution in [0.5, 0.6) is 0 Å². The van der Waals surface area contributed by atoms with E-state index in [9.17, 15) is 8.42 Å². The van der Waals surface area contributed by atoms with Gasteiger partial charge in [-0.05, 0) is 38.0 Å². The highest BCUT2D eigenvalue weighted by Crippen LogP contribution is 2.27. The summed E-state index contributed by atoms with van der Waals surface area (Å²) in [6, 6.07) is 6.58. The number of nitrogens with two attached hydrogens (primary N) is 1. The van der Waals surface area contributed by atoms with E-state index < -0.39 is 10.0 Å². The number of nitrogens with zero attached hydrogens (tertiary/aromatic N) is 1. The molecule has 1 saturated heterocycles. The van der Waals surface area contributed by atoms with E-state index in [2.05, 4.69) is 15.9 Å². The number of halogens is 1. The van der Waals surface area contributed by atoms with Gasteiger partial charge in [-0.15, -0.1) is 0 Å². The summed E-state index contributed by atoms with van der Waals surface area (Å²) in [5, 5.41) is 0. The minimum absolute atomic E-state index is 0.0993. The van der Waals surface area contributed by atoms with Gasteiger partial charge in [-0.25, -0.2) is 8.42 Å². The van der Waals surface area contributed by atoms with Crippen LogP contribution in [0.3, 0.4) is 0 Å². The van der Waals surface area contributed by atoms with Crippen LogP contribution in [0.25, 0.3) is 0 Å². The minimum atomic E-state index is -3.46. The second-order valence-electron chi connectivity index (χ2n) is 5.00. The van der Waals surface area contributed by atoms with Gasteiger partial charge in [0.1, 0.15) is 0 Å². The summed E-state index contributed by atoms with van der Waals surface area (Å²) in [6.45, 7) is 2.43. The maximum absolute atomic E-state index is 12.7. The zero-order valence-corrected chi connectivity index (χ0v) is 13.3. The highest BCUT2D eigenvalue weighted by molar-refractivity contribution is 9.10. The second kappa shape index (κ2) is 5.91. The first-order valence-corrected chi connectivity index (χ1v) is 8.69. The van der Waals surface area contributed by atoms with Crippen LogP contribution < -0.4 is 5.73 Å². The van der Waals surface area contributed by atoms with Gasteiger partial charge in [0.2, 0.25) is 10.0 Å². The van der Waals surface area contributed by atoms with Crippen LogP contribution in [0.15, 0.2) is 33.6 Å². The molecule has 1 fully saturated rings. The molecule has 0 aliphatic carbocycles. The first-order valence-electron chi connectivity index (χ1n) is 6.46. The van der Waals surface area contributed by atoms with Crippen molar-refractivity contribution in [2.75, 3.05) is 6.54 Å². The predicted octanol–water partition coefficient (Wildman–Crippen LogP) is 2.34. The molecule has 6 heteroatoms. The Morgan fingerprint density at radius 2 is 2.16 bits per heavy atom. The molecule has 106 valence electrons. The van der Waals surface area contributed by atoms with Crippen LogP contribution >= 0.6 is 15.9 Å². The standard InChI is InChI=1S/C13H19BrN2O2S/c1-10(15)13-7-2-3-8-16(13)19(17,18)12-6-4-5-11(14)9-12/h4-6,9-10,13H,2-3,7-8,15H2,1H3. The predicted molar refractivity (Wildman–Crippen MR) is 79.3 cm³/mol. The Morgan fingerprint density at radius 3 is 2.79 bits per heavy atom. The molecule has 2 rings (SSSR count). The van der Waals surface area contributed by atoms with Crippen LogP contribution in [-0.4, -0.2) is 31.4 Å². The molecular weight excluding hydrogens is 328 g/mol. The van der Waals surface area contributed by atoms with E-state index in [4.69, 9.17) is 5.73 Å².